The lowest BCUT2D eigenvalue weighted by Gasteiger charge is -2.01. The highest BCUT2D eigenvalue weighted by molar-refractivity contribution is 5.97. The standard InChI is InChI=1S/C18H19N9O2/c1-9-4-14(27(23-9)8-15(19)28)12-7-25(2)18(22-12)16-10-6-21-11(17(20)29)5-13(10)26(3)24-16/h4-7H,8H2,1-3H3,(H2,19,28)(H2,20,29). The predicted octanol–water partition coefficient (Wildman–Crippen LogP) is 0.125. The summed E-state index contributed by atoms with van der Waals surface area (Å²) in [6, 6.07) is 3.44. The fourth-order valence-corrected chi connectivity index (χ4v) is 3.28. The van der Waals surface area contributed by atoms with E-state index >= 15 is 0 Å². The molecule has 4 aromatic rings. The fourth-order valence-electron chi connectivity index (χ4n) is 3.28. The second-order valence-corrected chi connectivity index (χ2v) is 6.78. The number of carbonyl (C=O) groups is 2. The molecule has 0 aliphatic carbocycles. The van der Waals surface area contributed by atoms with Crippen molar-refractivity contribution in [1.29, 1.82) is 0 Å². The molecule has 4 rings (SSSR count). The van der Waals surface area contributed by atoms with Crippen LogP contribution in [0.1, 0.15) is 16.2 Å². The topological polar surface area (TPSA) is 153 Å². The van der Waals surface area contributed by atoms with Gasteiger partial charge >= 0.3 is 0 Å². The number of nitrogens with zero attached hydrogens (tertiary/aromatic N) is 7. The van der Waals surface area contributed by atoms with Gasteiger partial charge in [-0.1, -0.05) is 0 Å². The van der Waals surface area contributed by atoms with Gasteiger partial charge < -0.3 is 16.0 Å². The zero-order valence-electron chi connectivity index (χ0n) is 16.1. The average Bonchev–Trinajstić information content (AvgIpc) is 3.30. The summed E-state index contributed by atoms with van der Waals surface area (Å²) < 4.78 is 5.01. The quantitative estimate of drug-likeness (QED) is 0.491. The maximum absolute atomic E-state index is 11.4. The number of nitrogens with two attached hydrogens (primary N) is 2. The van der Waals surface area contributed by atoms with E-state index in [1.165, 1.54) is 4.68 Å². The molecule has 0 fully saturated rings. The number of pyridine rings is 1. The van der Waals surface area contributed by atoms with E-state index in [1.54, 1.807) is 24.0 Å². The van der Waals surface area contributed by atoms with Crippen molar-refractivity contribution in [1.82, 2.24) is 34.1 Å². The number of hydrogen-bond acceptors (Lipinski definition) is 6. The zero-order chi connectivity index (χ0) is 20.9. The molecule has 0 spiro atoms. The third-order valence-corrected chi connectivity index (χ3v) is 4.55. The van der Waals surface area contributed by atoms with Crippen molar-refractivity contribution >= 4 is 22.7 Å². The van der Waals surface area contributed by atoms with Crippen molar-refractivity contribution in [3.63, 3.8) is 0 Å². The van der Waals surface area contributed by atoms with Crippen LogP contribution >= 0.6 is 0 Å². The van der Waals surface area contributed by atoms with Gasteiger partial charge in [0.2, 0.25) is 5.91 Å². The number of primary amides is 2. The molecule has 11 heteroatoms. The van der Waals surface area contributed by atoms with Gasteiger partial charge in [0.1, 0.15) is 23.6 Å². The van der Waals surface area contributed by atoms with Crippen LogP contribution in [0.4, 0.5) is 0 Å². The molecule has 0 radical (unpaired) electrons. The second kappa shape index (κ2) is 6.55. The summed E-state index contributed by atoms with van der Waals surface area (Å²) in [6.07, 6.45) is 3.39. The van der Waals surface area contributed by atoms with Gasteiger partial charge in [-0.15, -0.1) is 0 Å². The summed E-state index contributed by atoms with van der Waals surface area (Å²) in [7, 11) is 3.62. The largest absolute Gasteiger partial charge is 0.368 e. The Kier molecular flexibility index (Phi) is 4.14. The lowest BCUT2D eigenvalue weighted by Crippen LogP contribution is -2.20. The first-order chi connectivity index (χ1) is 13.7. The van der Waals surface area contributed by atoms with Crippen LogP contribution in [-0.4, -0.2) is 45.9 Å². The third kappa shape index (κ3) is 3.12. The molecular formula is C18H19N9O2. The molecule has 4 heterocycles. The maximum Gasteiger partial charge on any atom is 0.267 e. The van der Waals surface area contributed by atoms with Gasteiger partial charge in [0.15, 0.2) is 5.82 Å². The van der Waals surface area contributed by atoms with E-state index in [4.69, 9.17) is 16.5 Å². The monoisotopic (exact) mass is 393 g/mol. The van der Waals surface area contributed by atoms with Gasteiger partial charge in [-0.05, 0) is 19.1 Å². The molecular weight excluding hydrogens is 374 g/mol. The van der Waals surface area contributed by atoms with Crippen LogP contribution in [-0.2, 0) is 25.4 Å². The normalized spacial score (nSPS) is 11.3. The molecule has 0 aliphatic heterocycles. The number of hydrogen-bond donors (Lipinski definition) is 2. The minimum absolute atomic E-state index is 0.0403. The van der Waals surface area contributed by atoms with E-state index in [0.29, 0.717) is 28.4 Å². The van der Waals surface area contributed by atoms with Gasteiger partial charge in [0.25, 0.3) is 5.91 Å². The molecule has 0 atom stereocenters. The predicted molar refractivity (Wildman–Crippen MR) is 104 cm³/mol. The summed E-state index contributed by atoms with van der Waals surface area (Å²) >= 11 is 0. The Morgan fingerprint density at radius 3 is 2.59 bits per heavy atom. The van der Waals surface area contributed by atoms with Crippen LogP contribution in [0.15, 0.2) is 24.5 Å². The van der Waals surface area contributed by atoms with Crippen molar-refractivity contribution in [2.45, 2.75) is 13.5 Å². The Balaban J connectivity index is 1.84. The minimum atomic E-state index is -0.605. The Hall–Kier alpha value is -4.02. The molecule has 0 aromatic carbocycles. The zero-order valence-corrected chi connectivity index (χ0v) is 16.1. The second-order valence-electron chi connectivity index (χ2n) is 6.78. The van der Waals surface area contributed by atoms with Gasteiger partial charge in [-0.3, -0.25) is 23.9 Å². The number of aryl methyl sites for hydroxylation is 3. The van der Waals surface area contributed by atoms with E-state index in [2.05, 4.69) is 15.2 Å². The Morgan fingerprint density at radius 1 is 1.14 bits per heavy atom. The summed E-state index contributed by atoms with van der Waals surface area (Å²) in [5.41, 5.74) is 14.2. The van der Waals surface area contributed by atoms with E-state index in [-0.39, 0.29) is 12.2 Å². The first-order valence-corrected chi connectivity index (χ1v) is 8.74. The SMILES string of the molecule is Cc1cc(-c2cn(C)c(-c3nn(C)c4cc(C(N)=O)ncc34)n2)n(CC(N)=O)n1. The Morgan fingerprint density at radius 2 is 1.90 bits per heavy atom. The van der Waals surface area contributed by atoms with Gasteiger partial charge in [0, 0.05) is 31.9 Å². The summed E-state index contributed by atoms with van der Waals surface area (Å²) in [5.74, 6) is -0.492. The molecule has 11 nitrogen and oxygen atoms in total. The van der Waals surface area contributed by atoms with Crippen molar-refractivity contribution in [2.75, 3.05) is 0 Å². The highest BCUT2D eigenvalue weighted by atomic mass is 16.1. The molecule has 0 bridgehead atoms. The van der Waals surface area contributed by atoms with Crippen LogP contribution in [0.3, 0.4) is 0 Å². The van der Waals surface area contributed by atoms with Crippen molar-refractivity contribution < 1.29 is 9.59 Å². The lowest BCUT2D eigenvalue weighted by molar-refractivity contribution is -0.118. The number of fused-ring (bicyclic) bond motifs is 1. The van der Waals surface area contributed by atoms with Crippen molar-refractivity contribution in [2.24, 2.45) is 25.6 Å². The van der Waals surface area contributed by atoms with Gasteiger partial charge in [-0.25, -0.2) is 4.98 Å². The number of imidazole rings is 1. The highest BCUT2D eigenvalue weighted by Crippen LogP contribution is 2.29. The third-order valence-electron chi connectivity index (χ3n) is 4.55. The molecule has 4 aromatic heterocycles. The molecule has 0 unspecified atom stereocenters. The number of amides is 2. The number of rotatable bonds is 5. The van der Waals surface area contributed by atoms with E-state index in [1.807, 2.05) is 30.8 Å². The molecule has 4 N–H and O–H groups in total. The summed E-state index contributed by atoms with van der Waals surface area (Å²) in [5, 5.41) is 9.60. The first kappa shape index (κ1) is 18.3. The van der Waals surface area contributed by atoms with Crippen LogP contribution in [0.25, 0.3) is 33.8 Å². The van der Waals surface area contributed by atoms with E-state index < -0.39 is 11.8 Å². The Labute approximate surface area is 164 Å². The molecule has 0 saturated carbocycles. The van der Waals surface area contributed by atoms with Gasteiger partial charge in [0.05, 0.1) is 16.9 Å². The molecule has 0 saturated heterocycles. The summed E-state index contributed by atoms with van der Waals surface area (Å²) in [4.78, 5) is 31.6. The lowest BCUT2D eigenvalue weighted by atomic mass is 10.2. The fraction of sp³-hybridized carbons (Fsp3) is 0.222. The average molecular weight is 393 g/mol. The number of carbonyl (C=O) groups excluding carboxylic acids is 2. The summed E-state index contributed by atoms with van der Waals surface area (Å²) in [6.45, 7) is 1.79. The van der Waals surface area contributed by atoms with Crippen molar-refractivity contribution in [3.05, 3.63) is 35.9 Å². The minimum Gasteiger partial charge on any atom is -0.368 e. The van der Waals surface area contributed by atoms with Crippen molar-refractivity contribution in [3.8, 4) is 22.9 Å². The van der Waals surface area contributed by atoms with Crippen LogP contribution in [0, 0.1) is 6.92 Å². The molecule has 148 valence electrons. The number of aromatic nitrogens is 7. The van der Waals surface area contributed by atoms with Crippen LogP contribution < -0.4 is 11.5 Å². The van der Waals surface area contributed by atoms with Gasteiger partial charge in [-0.2, -0.15) is 10.2 Å². The molecule has 29 heavy (non-hydrogen) atoms. The van der Waals surface area contributed by atoms with Crippen LogP contribution in [0.2, 0.25) is 0 Å². The first-order valence-electron chi connectivity index (χ1n) is 8.74. The molecule has 2 amide bonds. The van der Waals surface area contributed by atoms with E-state index in [0.717, 1.165) is 11.1 Å². The Bertz CT molecular complexity index is 1280. The van der Waals surface area contributed by atoms with Crippen LogP contribution in [0.5, 0.6) is 0 Å². The maximum atomic E-state index is 11.4. The smallest absolute Gasteiger partial charge is 0.267 e. The highest BCUT2D eigenvalue weighted by Gasteiger charge is 2.20. The van der Waals surface area contributed by atoms with E-state index in [9.17, 15) is 9.59 Å². The molecule has 0 aliphatic rings.